The van der Waals surface area contributed by atoms with Crippen LogP contribution < -0.4 is 0 Å². The molecule has 4 heteroatoms. The summed E-state index contributed by atoms with van der Waals surface area (Å²) in [5, 5.41) is 1.06. The van der Waals surface area contributed by atoms with Crippen LogP contribution in [0, 0.1) is 0 Å². The minimum Gasteiger partial charge on any atom is -0.456 e. The van der Waals surface area contributed by atoms with Crippen LogP contribution in [0.3, 0.4) is 0 Å². The van der Waals surface area contributed by atoms with E-state index >= 15 is 0 Å². The van der Waals surface area contributed by atoms with Crippen molar-refractivity contribution in [2.75, 3.05) is 0 Å². The lowest BCUT2D eigenvalue weighted by Crippen LogP contribution is -2.34. The Labute approximate surface area is 330 Å². The summed E-state index contributed by atoms with van der Waals surface area (Å²) in [6.07, 6.45) is 6.14. The van der Waals surface area contributed by atoms with Gasteiger partial charge in [-0.2, -0.15) is 0 Å². The molecule has 1 atom stereocenters. The number of aromatic nitrogens is 3. The first kappa shape index (κ1) is 32.1. The Hall–Kier alpha value is -7.17. The molecule has 1 spiro atoms. The molecule has 2 aromatic heterocycles. The summed E-state index contributed by atoms with van der Waals surface area (Å²) < 4.78 is 6.53. The van der Waals surface area contributed by atoms with Crippen LogP contribution in [-0.4, -0.2) is 15.0 Å². The lowest BCUT2D eigenvalue weighted by molar-refractivity contribution is 0.591. The predicted molar refractivity (Wildman–Crippen MR) is 228 cm³/mol. The highest BCUT2D eigenvalue weighted by atomic mass is 16.3. The van der Waals surface area contributed by atoms with E-state index in [-0.39, 0.29) is 5.92 Å². The molecule has 4 nitrogen and oxygen atoms in total. The highest BCUT2D eigenvalue weighted by Gasteiger charge is 2.50. The molecule has 12 rings (SSSR count). The maximum absolute atomic E-state index is 6.53. The van der Waals surface area contributed by atoms with Crippen LogP contribution in [-0.2, 0) is 18.3 Å². The van der Waals surface area contributed by atoms with Crippen molar-refractivity contribution in [2.45, 2.75) is 24.2 Å². The van der Waals surface area contributed by atoms with Crippen molar-refractivity contribution < 1.29 is 4.42 Å². The van der Waals surface area contributed by atoms with Crippen LogP contribution in [0.15, 0.2) is 180 Å². The zero-order valence-electron chi connectivity index (χ0n) is 31.1. The van der Waals surface area contributed by atoms with Crippen molar-refractivity contribution >= 4 is 17.0 Å². The molecule has 1 unspecified atom stereocenters. The Morgan fingerprint density at radius 3 is 1.84 bits per heavy atom. The second kappa shape index (κ2) is 12.4. The minimum absolute atomic E-state index is 0.246. The number of hydrogen-bond acceptors (Lipinski definition) is 4. The molecule has 268 valence electrons. The van der Waals surface area contributed by atoms with Crippen molar-refractivity contribution in [3.05, 3.63) is 226 Å². The molecule has 0 saturated carbocycles. The highest BCUT2D eigenvalue weighted by molar-refractivity contribution is 5.99. The van der Waals surface area contributed by atoms with E-state index in [1.807, 2.05) is 18.2 Å². The van der Waals surface area contributed by atoms with Gasteiger partial charge >= 0.3 is 0 Å². The molecule has 0 N–H and O–H groups in total. The van der Waals surface area contributed by atoms with E-state index in [4.69, 9.17) is 19.4 Å². The Balaban J connectivity index is 1.11. The number of fused-ring (bicyclic) bond motifs is 12. The molecule has 3 aliphatic rings. The van der Waals surface area contributed by atoms with Crippen LogP contribution in [0.2, 0.25) is 0 Å². The molecule has 0 radical (unpaired) electrons. The molecular weight excluding hydrogens is 695 g/mol. The number of furan rings is 1. The minimum atomic E-state index is -0.476. The molecular formula is C53H35N3O. The Morgan fingerprint density at radius 2 is 1.07 bits per heavy atom. The third kappa shape index (κ3) is 4.71. The van der Waals surface area contributed by atoms with E-state index in [0.717, 1.165) is 46.3 Å². The van der Waals surface area contributed by atoms with Gasteiger partial charge in [-0.05, 0) is 75.1 Å². The lowest BCUT2D eigenvalue weighted by atomic mass is 9.61. The Bertz CT molecular complexity index is 3040. The number of allylic oxidation sites excluding steroid dienone is 1. The van der Waals surface area contributed by atoms with Crippen molar-refractivity contribution in [3.63, 3.8) is 0 Å². The maximum Gasteiger partial charge on any atom is 0.164 e. The fourth-order valence-corrected chi connectivity index (χ4v) is 10.0. The summed E-state index contributed by atoms with van der Waals surface area (Å²) in [6.45, 7) is 0. The molecule has 0 bridgehead atoms. The van der Waals surface area contributed by atoms with E-state index in [2.05, 4.69) is 164 Å². The standard InChI is InChI=1S/C53H35N3O/c1-3-15-33(16-4-1)35-29-30-46-41(32-35)49-40(23-14-28-47(49)57-46)52-55-50(34-17-5-2-6-18-34)54-51(56-52)39-22-13-27-45-48(39)38-21-9-12-26-44(38)53(45)42-24-10-7-19-36(42)31-37-20-8-11-25-43(37)53/h1-30,35H,31-32H2. The molecule has 57 heavy (non-hydrogen) atoms. The molecule has 0 saturated heterocycles. The molecule has 3 aliphatic carbocycles. The maximum atomic E-state index is 6.53. The van der Waals surface area contributed by atoms with Crippen molar-refractivity contribution in [3.8, 4) is 45.3 Å². The van der Waals surface area contributed by atoms with Gasteiger partial charge in [0.05, 0.1) is 5.41 Å². The fraction of sp³-hybridized carbons (Fsp3) is 0.0755. The molecule has 0 aliphatic heterocycles. The van der Waals surface area contributed by atoms with Crippen molar-refractivity contribution in [2.24, 2.45) is 0 Å². The number of rotatable bonds is 4. The zero-order valence-corrected chi connectivity index (χ0v) is 31.1. The van der Waals surface area contributed by atoms with E-state index in [1.54, 1.807) is 0 Å². The van der Waals surface area contributed by atoms with E-state index in [9.17, 15) is 0 Å². The summed E-state index contributed by atoms with van der Waals surface area (Å²) in [5.74, 6) is 3.06. The zero-order chi connectivity index (χ0) is 37.5. The number of hydrogen-bond donors (Lipinski definition) is 0. The van der Waals surface area contributed by atoms with Gasteiger partial charge in [-0.3, -0.25) is 0 Å². The summed E-state index contributed by atoms with van der Waals surface area (Å²) in [6, 6.07) is 60.9. The Kier molecular flexibility index (Phi) is 7.00. The topological polar surface area (TPSA) is 51.8 Å². The van der Waals surface area contributed by atoms with E-state index in [0.29, 0.717) is 17.5 Å². The fourth-order valence-electron chi connectivity index (χ4n) is 10.0. The summed E-state index contributed by atoms with van der Waals surface area (Å²) in [5.41, 5.74) is 16.0. The largest absolute Gasteiger partial charge is 0.456 e. The summed E-state index contributed by atoms with van der Waals surface area (Å²) in [4.78, 5) is 16.0. The second-order valence-corrected chi connectivity index (χ2v) is 15.4. The average molecular weight is 730 g/mol. The molecule has 9 aromatic rings. The van der Waals surface area contributed by atoms with Gasteiger partial charge in [0, 0.05) is 33.6 Å². The molecule has 0 fully saturated rings. The quantitative estimate of drug-likeness (QED) is 0.181. The first-order valence-corrected chi connectivity index (χ1v) is 19.8. The first-order chi connectivity index (χ1) is 28.3. The molecule has 2 heterocycles. The van der Waals surface area contributed by atoms with E-state index < -0.39 is 5.41 Å². The molecule has 7 aromatic carbocycles. The predicted octanol–water partition coefficient (Wildman–Crippen LogP) is 12.2. The van der Waals surface area contributed by atoms with Gasteiger partial charge in [-0.1, -0.05) is 170 Å². The van der Waals surface area contributed by atoms with Crippen LogP contribution >= 0.6 is 0 Å². The lowest BCUT2D eigenvalue weighted by Gasteiger charge is -2.40. The smallest absolute Gasteiger partial charge is 0.164 e. The Morgan fingerprint density at radius 1 is 0.491 bits per heavy atom. The third-order valence-corrected chi connectivity index (χ3v) is 12.4. The van der Waals surface area contributed by atoms with Gasteiger partial charge in [0.1, 0.15) is 11.3 Å². The number of nitrogens with zero attached hydrogens (tertiary/aromatic N) is 3. The van der Waals surface area contributed by atoms with Crippen LogP contribution in [0.5, 0.6) is 0 Å². The monoisotopic (exact) mass is 729 g/mol. The van der Waals surface area contributed by atoms with Crippen LogP contribution in [0.25, 0.3) is 62.3 Å². The van der Waals surface area contributed by atoms with Gasteiger partial charge in [0.15, 0.2) is 17.5 Å². The second-order valence-electron chi connectivity index (χ2n) is 15.4. The highest BCUT2D eigenvalue weighted by Crippen LogP contribution is 2.60. The van der Waals surface area contributed by atoms with Gasteiger partial charge in [-0.15, -0.1) is 0 Å². The van der Waals surface area contributed by atoms with E-state index in [1.165, 1.54) is 55.6 Å². The summed E-state index contributed by atoms with van der Waals surface area (Å²) >= 11 is 0. The number of benzene rings is 7. The summed E-state index contributed by atoms with van der Waals surface area (Å²) in [7, 11) is 0. The normalized spacial score (nSPS) is 15.5. The van der Waals surface area contributed by atoms with Crippen molar-refractivity contribution in [1.82, 2.24) is 15.0 Å². The van der Waals surface area contributed by atoms with Crippen LogP contribution in [0.1, 0.15) is 56.2 Å². The SMILES string of the molecule is C1=CC(c2ccccc2)Cc2c1oc1cccc(-c3nc(-c4ccccc4)nc(-c4cccc5c4-c4ccccc4C54c5ccccc5Cc5ccccc54)n3)c21. The van der Waals surface area contributed by atoms with Crippen LogP contribution in [0.4, 0.5) is 0 Å². The van der Waals surface area contributed by atoms with Gasteiger partial charge < -0.3 is 4.42 Å². The first-order valence-electron chi connectivity index (χ1n) is 19.8. The third-order valence-electron chi connectivity index (χ3n) is 12.4. The molecule has 0 amide bonds. The van der Waals surface area contributed by atoms with Gasteiger partial charge in [0.2, 0.25) is 0 Å². The van der Waals surface area contributed by atoms with Gasteiger partial charge in [-0.25, -0.2) is 15.0 Å². The average Bonchev–Trinajstić information content (AvgIpc) is 3.81. The van der Waals surface area contributed by atoms with Gasteiger partial charge in [0.25, 0.3) is 0 Å². The van der Waals surface area contributed by atoms with Crippen molar-refractivity contribution in [1.29, 1.82) is 0 Å².